The fraction of sp³-hybridized carbons (Fsp3) is 0.308. The molecule has 19 heavy (non-hydrogen) atoms. The van der Waals surface area contributed by atoms with Crippen LogP contribution >= 0.6 is 23.4 Å². The number of carbonyl (C=O) groups is 1. The molecule has 0 N–H and O–H groups in total. The molecular weight excluding hydrogens is 297 g/mol. The van der Waals surface area contributed by atoms with Crippen molar-refractivity contribution in [3.05, 3.63) is 40.9 Å². The number of carbonyl (C=O) groups excluding carboxylic acids is 1. The third kappa shape index (κ3) is 6.68. The van der Waals surface area contributed by atoms with Crippen molar-refractivity contribution in [2.45, 2.75) is 24.4 Å². The van der Waals surface area contributed by atoms with Crippen LogP contribution in [0.15, 0.2) is 35.2 Å². The van der Waals surface area contributed by atoms with E-state index in [1.165, 1.54) is 11.8 Å². The van der Waals surface area contributed by atoms with Crippen molar-refractivity contribution in [2.75, 3.05) is 5.75 Å². The number of rotatable bonds is 5. The van der Waals surface area contributed by atoms with Gasteiger partial charge in [0, 0.05) is 4.90 Å². The second kappa shape index (κ2) is 7.01. The number of benzene rings is 1. The van der Waals surface area contributed by atoms with Gasteiger partial charge in [0.05, 0.1) is 17.2 Å². The molecule has 1 aromatic rings. The molecule has 0 amide bonds. The van der Waals surface area contributed by atoms with Gasteiger partial charge in [-0.25, -0.2) is 0 Å². The summed E-state index contributed by atoms with van der Waals surface area (Å²) in [6.07, 6.45) is -3.57. The molecule has 104 valence electrons. The Morgan fingerprint density at radius 3 is 2.68 bits per heavy atom. The van der Waals surface area contributed by atoms with Gasteiger partial charge in [0.25, 0.3) is 0 Å². The number of allylic oxidation sites excluding steroid dienone is 2. The van der Waals surface area contributed by atoms with Crippen molar-refractivity contribution in [2.24, 2.45) is 0 Å². The molecule has 0 aromatic heterocycles. The summed E-state index contributed by atoms with van der Waals surface area (Å²) < 4.78 is 35.6. The lowest BCUT2D eigenvalue weighted by molar-refractivity contribution is -0.125. The Kier molecular flexibility index (Phi) is 5.94. The van der Waals surface area contributed by atoms with Gasteiger partial charge in [-0.3, -0.25) is 4.79 Å². The second-order valence-corrected chi connectivity index (χ2v) is 5.33. The number of ketones is 1. The maximum Gasteiger partial charge on any atom is 0.392 e. The Morgan fingerprint density at radius 2 is 2.11 bits per heavy atom. The number of thioether (sulfide) groups is 1. The molecule has 0 atom stereocenters. The van der Waals surface area contributed by atoms with E-state index in [4.69, 9.17) is 11.6 Å². The van der Waals surface area contributed by atoms with Crippen molar-refractivity contribution in [3.63, 3.8) is 0 Å². The summed E-state index contributed by atoms with van der Waals surface area (Å²) >= 11 is 7.19. The summed E-state index contributed by atoms with van der Waals surface area (Å²) in [6, 6.07) is 5.42. The first-order chi connectivity index (χ1) is 8.78. The van der Waals surface area contributed by atoms with Crippen molar-refractivity contribution < 1.29 is 18.0 Å². The van der Waals surface area contributed by atoms with E-state index in [-0.39, 0.29) is 11.5 Å². The number of halogens is 4. The third-order valence-electron chi connectivity index (χ3n) is 2.11. The molecule has 0 saturated carbocycles. The largest absolute Gasteiger partial charge is 0.392 e. The van der Waals surface area contributed by atoms with Crippen LogP contribution in [0.2, 0.25) is 5.02 Å². The fourth-order valence-corrected chi connectivity index (χ4v) is 2.40. The minimum Gasteiger partial charge on any atom is -0.294 e. The van der Waals surface area contributed by atoms with E-state index in [1.54, 1.807) is 12.1 Å². The van der Waals surface area contributed by atoms with Crippen LogP contribution in [-0.4, -0.2) is 17.7 Å². The van der Waals surface area contributed by atoms with E-state index < -0.39 is 12.6 Å². The van der Waals surface area contributed by atoms with Crippen LogP contribution in [-0.2, 0) is 4.79 Å². The molecule has 0 aliphatic carbocycles. The zero-order chi connectivity index (χ0) is 14.5. The highest BCUT2D eigenvalue weighted by Gasteiger charge is 2.24. The van der Waals surface area contributed by atoms with Crippen molar-refractivity contribution in [1.82, 2.24) is 0 Å². The van der Waals surface area contributed by atoms with Crippen LogP contribution < -0.4 is 0 Å². The van der Waals surface area contributed by atoms with Gasteiger partial charge >= 0.3 is 6.18 Å². The van der Waals surface area contributed by atoms with Gasteiger partial charge in [0.15, 0.2) is 5.78 Å². The second-order valence-electron chi connectivity index (χ2n) is 3.91. The summed E-state index contributed by atoms with van der Waals surface area (Å²) in [7, 11) is 0. The predicted molar refractivity (Wildman–Crippen MR) is 71.7 cm³/mol. The quantitative estimate of drug-likeness (QED) is 0.573. The smallest absolute Gasteiger partial charge is 0.294 e. The first kappa shape index (κ1) is 16.1. The average molecular weight is 309 g/mol. The Hall–Kier alpha value is -0.940. The van der Waals surface area contributed by atoms with Gasteiger partial charge in [-0.1, -0.05) is 23.7 Å². The van der Waals surface area contributed by atoms with Gasteiger partial charge < -0.3 is 0 Å². The first-order valence-corrected chi connectivity index (χ1v) is 6.79. The van der Waals surface area contributed by atoms with E-state index in [9.17, 15) is 18.0 Å². The molecule has 0 radical (unpaired) electrons. The summed E-state index contributed by atoms with van der Waals surface area (Å²) in [4.78, 5) is 12.1. The Bertz CT molecular complexity index is 483. The minimum atomic E-state index is -4.27. The van der Waals surface area contributed by atoms with Crippen LogP contribution in [0.25, 0.3) is 0 Å². The molecule has 6 heteroatoms. The molecule has 0 spiro atoms. The van der Waals surface area contributed by atoms with E-state index in [0.717, 1.165) is 22.6 Å². The third-order valence-corrected chi connectivity index (χ3v) is 3.63. The number of alkyl halides is 3. The highest BCUT2D eigenvalue weighted by molar-refractivity contribution is 8.00. The van der Waals surface area contributed by atoms with Crippen molar-refractivity contribution in [3.8, 4) is 0 Å². The van der Waals surface area contributed by atoms with Gasteiger partial charge in [0.1, 0.15) is 0 Å². The maximum atomic E-state index is 11.9. The molecule has 0 heterocycles. The molecule has 0 saturated heterocycles. The molecule has 0 unspecified atom stereocenters. The summed E-state index contributed by atoms with van der Waals surface area (Å²) in [5, 5.41) is 0.539. The van der Waals surface area contributed by atoms with Gasteiger partial charge in [-0.15, -0.1) is 11.8 Å². The molecule has 1 nitrogen and oxygen atoms in total. The molecule has 1 rings (SSSR count). The van der Waals surface area contributed by atoms with E-state index >= 15 is 0 Å². The Balaban J connectivity index is 2.46. The number of hydrogen-bond donors (Lipinski definition) is 0. The normalized spacial score (nSPS) is 12.1. The lowest BCUT2D eigenvalue weighted by Crippen LogP contribution is -2.05. The number of aryl methyl sites for hydroxylation is 1. The Labute approximate surface area is 118 Å². The van der Waals surface area contributed by atoms with E-state index in [2.05, 4.69) is 0 Å². The van der Waals surface area contributed by atoms with Crippen molar-refractivity contribution >= 4 is 29.1 Å². The minimum absolute atomic E-state index is 0.0666. The Morgan fingerprint density at radius 1 is 1.42 bits per heavy atom. The zero-order valence-electron chi connectivity index (χ0n) is 10.1. The summed E-state index contributed by atoms with van der Waals surface area (Å²) in [5.74, 6) is -0.303. The predicted octanol–water partition coefficient (Wildman–Crippen LogP) is 4.82. The lowest BCUT2D eigenvalue weighted by Gasteiger charge is -2.03. The SMILES string of the molecule is Cc1ccc(SCC(=O)C=CCC(F)(F)F)c(Cl)c1. The summed E-state index contributed by atoms with van der Waals surface area (Å²) in [5.41, 5.74) is 1.01. The zero-order valence-corrected chi connectivity index (χ0v) is 11.7. The molecule has 0 aliphatic heterocycles. The molecule has 0 bridgehead atoms. The molecular formula is C13H12ClF3OS. The highest BCUT2D eigenvalue weighted by atomic mass is 35.5. The van der Waals surface area contributed by atoms with Gasteiger partial charge in [0.2, 0.25) is 0 Å². The molecule has 0 fully saturated rings. The summed E-state index contributed by atoms with van der Waals surface area (Å²) in [6.45, 7) is 1.89. The van der Waals surface area contributed by atoms with Gasteiger partial charge in [-0.2, -0.15) is 13.2 Å². The van der Waals surface area contributed by atoms with Crippen molar-refractivity contribution in [1.29, 1.82) is 0 Å². The monoisotopic (exact) mass is 308 g/mol. The maximum absolute atomic E-state index is 11.9. The number of hydrogen-bond acceptors (Lipinski definition) is 2. The van der Waals surface area contributed by atoms with Crippen LogP contribution in [0, 0.1) is 6.92 Å². The highest BCUT2D eigenvalue weighted by Crippen LogP contribution is 2.28. The lowest BCUT2D eigenvalue weighted by atomic mass is 10.2. The van der Waals surface area contributed by atoms with Crippen LogP contribution in [0.4, 0.5) is 13.2 Å². The first-order valence-electron chi connectivity index (χ1n) is 5.43. The van der Waals surface area contributed by atoms with Gasteiger partial charge in [-0.05, 0) is 30.7 Å². The molecule has 0 aliphatic rings. The van der Waals surface area contributed by atoms with Crippen LogP contribution in [0.3, 0.4) is 0 Å². The van der Waals surface area contributed by atoms with E-state index in [0.29, 0.717) is 5.02 Å². The average Bonchev–Trinajstić information content (AvgIpc) is 2.26. The topological polar surface area (TPSA) is 17.1 Å². The van der Waals surface area contributed by atoms with E-state index in [1.807, 2.05) is 13.0 Å². The fourth-order valence-electron chi connectivity index (χ4n) is 1.24. The standard InChI is InChI=1S/C13H12ClF3OS/c1-9-4-5-12(11(14)7-9)19-8-10(18)3-2-6-13(15,16)17/h2-5,7H,6,8H2,1H3. The van der Waals surface area contributed by atoms with Crippen LogP contribution in [0.5, 0.6) is 0 Å². The molecule has 1 aromatic carbocycles. The van der Waals surface area contributed by atoms with Crippen LogP contribution in [0.1, 0.15) is 12.0 Å².